The maximum atomic E-state index is 11.0. The number of hydrogen-bond donors (Lipinski definition) is 1. The molecule has 0 radical (unpaired) electrons. The minimum Gasteiger partial charge on any atom is -0.478 e. The SMILES string of the molecule is O=COc1cc(-c2cc(C(=O)O)ccn2)nc2ccccc12. The van der Waals surface area contributed by atoms with Crippen LogP contribution in [-0.4, -0.2) is 27.5 Å². The van der Waals surface area contributed by atoms with E-state index < -0.39 is 5.97 Å². The zero-order valence-electron chi connectivity index (χ0n) is 11.3. The second kappa shape index (κ2) is 5.61. The van der Waals surface area contributed by atoms with Crippen molar-refractivity contribution in [3.63, 3.8) is 0 Å². The number of benzene rings is 1. The number of carboxylic acid groups (broad SMARTS) is 1. The maximum absolute atomic E-state index is 11.0. The molecular weight excluding hydrogens is 284 g/mol. The van der Waals surface area contributed by atoms with E-state index in [0.29, 0.717) is 34.5 Å². The Balaban J connectivity index is 2.20. The van der Waals surface area contributed by atoms with E-state index in [0.717, 1.165) is 0 Å². The van der Waals surface area contributed by atoms with Crippen LogP contribution in [0.3, 0.4) is 0 Å². The molecule has 0 bridgehead atoms. The molecule has 0 spiro atoms. The van der Waals surface area contributed by atoms with Crippen LogP contribution in [0.5, 0.6) is 5.75 Å². The van der Waals surface area contributed by atoms with Gasteiger partial charge in [0.05, 0.1) is 22.5 Å². The fraction of sp³-hybridized carbons (Fsp3) is 0. The molecule has 0 unspecified atom stereocenters. The smallest absolute Gasteiger partial charge is 0.335 e. The number of nitrogens with zero attached hydrogens (tertiary/aromatic N) is 2. The number of rotatable bonds is 4. The molecule has 0 aliphatic heterocycles. The monoisotopic (exact) mass is 294 g/mol. The Labute approximate surface area is 125 Å². The van der Waals surface area contributed by atoms with E-state index >= 15 is 0 Å². The van der Waals surface area contributed by atoms with Crippen LogP contribution in [0, 0.1) is 0 Å². The topological polar surface area (TPSA) is 89.4 Å². The highest BCUT2D eigenvalue weighted by molar-refractivity contribution is 5.90. The standard InChI is InChI=1S/C16H10N2O4/c19-9-22-15-8-14(18-12-4-2-1-3-11(12)15)13-7-10(16(20)21)5-6-17-13/h1-9H,(H,20,21). The normalized spacial score (nSPS) is 10.4. The van der Waals surface area contributed by atoms with E-state index in [4.69, 9.17) is 9.84 Å². The van der Waals surface area contributed by atoms with E-state index in [9.17, 15) is 9.59 Å². The number of fused-ring (bicyclic) bond motifs is 1. The quantitative estimate of drug-likeness (QED) is 0.744. The number of ether oxygens (including phenoxy) is 1. The number of carbonyl (C=O) groups excluding carboxylic acids is 1. The summed E-state index contributed by atoms with van der Waals surface area (Å²) in [6.07, 6.45) is 1.40. The van der Waals surface area contributed by atoms with E-state index in [1.165, 1.54) is 18.3 Å². The van der Waals surface area contributed by atoms with Crippen molar-refractivity contribution >= 4 is 23.3 Å². The third kappa shape index (κ3) is 2.49. The van der Waals surface area contributed by atoms with Crippen LogP contribution in [0.15, 0.2) is 48.7 Å². The van der Waals surface area contributed by atoms with E-state index in [-0.39, 0.29) is 5.56 Å². The zero-order valence-corrected chi connectivity index (χ0v) is 11.3. The van der Waals surface area contributed by atoms with Crippen molar-refractivity contribution in [1.29, 1.82) is 0 Å². The molecule has 3 aromatic rings. The van der Waals surface area contributed by atoms with Gasteiger partial charge >= 0.3 is 5.97 Å². The van der Waals surface area contributed by atoms with Gasteiger partial charge in [-0.3, -0.25) is 9.78 Å². The minimum atomic E-state index is -1.05. The Morgan fingerprint density at radius 3 is 2.73 bits per heavy atom. The van der Waals surface area contributed by atoms with E-state index in [2.05, 4.69) is 9.97 Å². The van der Waals surface area contributed by atoms with Crippen LogP contribution >= 0.6 is 0 Å². The molecule has 1 aromatic carbocycles. The van der Waals surface area contributed by atoms with Gasteiger partial charge in [0, 0.05) is 17.6 Å². The summed E-state index contributed by atoms with van der Waals surface area (Å²) < 4.78 is 4.99. The van der Waals surface area contributed by atoms with E-state index in [1.54, 1.807) is 18.2 Å². The first kappa shape index (κ1) is 13.7. The predicted molar refractivity (Wildman–Crippen MR) is 78.6 cm³/mol. The van der Waals surface area contributed by atoms with Crippen molar-refractivity contribution in [2.24, 2.45) is 0 Å². The Hall–Kier alpha value is -3.28. The van der Waals surface area contributed by atoms with Gasteiger partial charge in [0.25, 0.3) is 6.47 Å². The molecule has 0 aliphatic rings. The van der Waals surface area contributed by atoms with Crippen LogP contribution in [0.1, 0.15) is 10.4 Å². The summed E-state index contributed by atoms with van der Waals surface area (Å²) in [4.78, 5) is 30.3. The molecule has 6 nitrogen and oxygen atoms in total. The number of aromatic nitrogens is 2. The van der Waals surface area contributed by atoms with Crippen molar-refractivity contribution in [3.05, 3.63) is 54.2 Å². The highest BCUT2D eigenvalue weighted by atomic mass is 16.5. The molecule has 1 N–H and O–H groups in total. The molecule has 0 saturated heterocycles. The summed E-state index contributed by atoms with van der Waals surface area (Å²) in [5, 5.41) is 9.74. The van der Waals surface area contributed by atoms with Crippen molar-refractivity contribution in [3.8, 4) is 17.1 Å². The molecule has 0 atom stereocenters. The predicted octanol–water partition coefficient (Wildman–Crippen LogP) is 2.53. The lowest BCUT2D eigenvalue weighted by Crippen LogP contribution is -1.99. The van der Waals surface area contributed by atoms with Crippen LogP contribution in [0.25, 0.3) is 22.3 Å². The van der Waals surface area contributed by atoms with Crippen LogP contribution < -0.4 is 4.74 Å². The van der Waals surface area contributed by atoms with Crippen molar-refractivity contribution in [1.82, 2.24) is 9.97 Å². The Morgan fingerprint density at radius 1 is 1.14 bits per heavy atom. The van der Waals surface area contributed by atoms with Gasteiger partial charge in [-0.15, -0.1) is 0 Å². The first-order valence-electron chi connectivity index (χ1n) is 6.39. The Kier molecular flexibility index (Phi) is 3.49. The fourth-order valence-corrected chi connectivity index (χ4v) is 2.13. The lowest BCUT2D eigenvalue weighted by molar-refractivity contribution is -0.120. The van der Waals surface area contributed by atoms with Gasteiger partial charge in [-0.2, -0.15) is 0 Å². The number of aromatic carboxylic acids is 1. The molecule has 108 valence electrons. The molecule has 0 aliphatic carbocycles. The average Bonchev–Trinajstić information content (AvgIpc) is 2.55. The highest BCUT2D eigenvalue weighted by Gasteiger charge is 2.11. The van der Waals surface area contributed by atoms with Crippen LogP contribution in [-0.2, 0) is 4.79 Å². The molecule has 0 fully saturated rings. The van der Waals surface area contributed by atoms with Gasteiger partial charge < -0.3 is 9.84 Å². The molecule has 22 heavy (non-hydrogen) atoms. The Bertz CT molecular complexity index is 877. The summed E-state index contributed by atoms with van der Waals surface area (Å²) in [6.45, 7) is 0.340. The molecule has 0 amide bonds. The van der Waals surface area contributed by atoms with Gasteiger partial charge in [0.2, 0.25) is 0 Å². The first-order valence-corrected chi connectivity index (χ1v) is 6.39. The van der Waals surface area contributed by atoms with Gasteiger partial charge in [0.1, 0.15) is 5.75 Å². The lowest BCUT2D eigenvalue weighted by atomic mass is 10.1. The second-order valence-corrected chi connectivity index (χ2v) is 4.47. The molecule has 2 aromatic heterocycles. The maximum Gasteiger partial charge on any atom is 0.335 e. The van der Waals surface area contributed by atoms with E-state index in [1.807, 2.05) is 12.1 Å². The largest absolute Gasteiger partial charge is 0.478 e. The second-order valence-electron chi connectivity index (χ2n) is 4.47. The number of pyridine rings is 2. The third-order valence-electron chi connectivity index (χ3n) is 3.12. The van der Waals surface area contributed by atoms with Crippen molar-refractivity contribution in [2.75, 3.05) is 0 Å². The molecular formula is C16H10N2O4. The van der Waals surface area contributed by atoms with Crippen molar-refractivity contribution in [2.45, 2.75) is 0 Å². The van der Waals surface area contributed by atoms with Crippen molar-refractivity contribution < 1.29 is 19.4 Å². The van der Waals surface area contributed by atoms with Gasteiger partial charge in [0.15, 0.2) is 0 Å². The number of para-hydroxylation sites is 1. The molecule has 0 saturated carbocycles. The fourth-order valence-electron chi connectivity index (χ4n) is 2.13. The number of carboxylic acids is 1. The summed E-state index contributed by atoms with van der Waals surface area (Å²) in [5.74, 6) is -0.702. The summed E-state index contributed by atoms with van der Waals surface area (Å²) in [5.41, 5.74) is 1.55. The molecule has 3 rings (SSSR count). The number of carbonyl (C=O) groups is 2. The van der Waals surface area contributed by atoms with Gasteiger partial charge in [-0.05, 0) is 24.3 Å². The lowest BCUT2D eigenvalue weighted by Gasteiger charge is -2.07. The summed E-state index contributed by atoms with van der Waals surface area (Å²) in [7, 11) is 0. The zero-order chi connectivity index (χ0) is 15.5. The molecule has 6 heteroatoms. The number of hydrogen-bond acceptors (Lipinski definition) is 5. The Morgan fingerprint density at radius 2 is 1.95 bits per heavy atom. The summed E-state index contributed by atoms with van der Waals surface area (Å²) >= 11 is 0. The third-order valence-corrected chi connectivity index (χ3v) is 3.12. The minimum absolute atomic E-state index is 0.109. The average molecular weight is 294 g/mol. The first-order chi connectivity index (χ1) is 10.7. The van der Waals surface area contributed by atoms with Crippen LogP contribution in [0.2, 0.25) is 0 Å². The van der Waals surface area contributed by atoms with Gasteiger partial charge in [-0.1, -0.05) is 12.1 Å². The van der Waals surface area contributed by atoms with Crippen LogP contribution in [0.4, 0.5) is 0 Å². The highest BCUT2D eigenvalue weighted by Crippen LogP contribution is 2.29. The van der Waals surface area contributed by atoms with Gasteiger partial charge in [-0.25, -0.2) is 9.78 Å². The summed E-state index contributed by atoms with van der Waals surface area (Å²) in [6, 6.07) is 11.6. The molecule has 2 heterocycles.